The molecule has 0 aliphatic carbocycles. The smallest absolute Gasteiger partial charge is 0.237 e. The molecular formula is C15H18N2OS. The molecule has 1 aromatic carbocycles. The minimum Gasteiger partial charge on any atom is -0.311 e. The van der Waals surface area contributed by atoms with E-state index in [1.54, 1.807) is 11.8 Å². The van der Waals surface area contributed by atoms with Crippen LogP contribution in [0.3, 0.4) is 0 Å². The highest BCUT2D eigenvalue weighted by atomic mass is 32.2. The quantitative estimate of drug-likeness (QED) is 0.832. The molecule has 4 heteroatoms. The van der Waals surface area contributed by atoms with Crippen molar-refractivity contribution in [2.75, 3.05) is 17.2 Å². The van der Waals surface area contributed by atoms with Crippen LogP contribution in [0.25, 0.3) is 0 Å². The predicted octanol–water partition coefficient (Wildman–Crippen LogP) is 2.98. The topological polar surface area (TPSA) is 44.1 Å². The summed E-state index contributed by atoms with van der Waals surface area (Å²) in [6.45, 7) is 7.02. The van der Waals surface area contributed by atoms with Gasteiger partial charge >= 0.3 is 0 Å². The maximum absolute atomic E-state index is 12.3. The molecule has 1 heterocycles. The molecule has 1 aliphatic heterocycles. The molecule has 1 aromatic rings. The van der Waals surface area contributed by atoms with E-state index in [9.17, 15) is 4.79 Å². The van der Waals surface area contributed by atoms with E-state index < -0.39 is 0 Å². The van der Waals surface area contributed by atoms with Gasteiger partial charge in [-0.1, -0.05) is 26.8 Å². The number of amides is 1. The lowest BCUT2D eigenvalue weighted by Gasteiger charge is -2.21. The lowest BCUT2D eigenvalue weighted by Crippen LogP contribution is -2.31. The van der Waals surface area contributed by atoms with E-state index in [4.69, 9.17) is 5.26 Å². The van der Waals surface area contributed by atoms with Crippen LogP contribution >= 0.6 is 11.8 Å². The number of carbonyl (C=O) groups is 1. The first-order chi connectivity index (χ1) is 8.92. The molecule has 0 saturated carbocycles. The molecule has 19 heavy (non-hydrogen) atoms. The zero-order valence-electron chi connectivity index (χ0n) is 11.6. The standard InChI is InChI=1S/C15H18N2OS/c1-15(2,3)19-10-14(18)17-8-7-12-11(9-16)5-4-6-13(12)17/h4-6H,7-8,10H2,1-3H3. The van der Waals surface area contributed by atoms with E-state index in [1.807, 2.05) is 23.1 Å². The van der Waals surface area contributed by atoms with Gasteiger partial charge in [0.1, 0.15) is 0 Å². The molecule has 3 nitrogen and oxygen atoms in total. The van der Waals surface area contributed by atoms with Crippen LogP contribution in [0.2, 0.25) is 0 Å². The largest absolute Gasteiger partial charge is 0.311 e. The van der Waals surface area contributed by atoms with Crippen molar-refractivity contribution < 1.29 is 4.79 Å². The Balaban J connectivity index is 2.15. The van der Waals surface area contributed by atoms with Crippen LogP contribution in [-0.2, 0) is 11.2 Å². The average Bonchev–Trinajstić information content (AvgIpc) is 2.78. The summed E-state index contributed by atoms with van der Waals surface area (Å²) >= 11 is 1.66. The first kappa shape index (κ1) is 14.0. The molecule has 100 valence electrons. The second-order valence-electron chi connectivity index (χ2n) is 5.61. The molecule has 0 fully saturated rings. The third kappa shape index (κ3) is 3.10. The summed E-state index contributed by atoms with van der Waals surface area (Å²) in [6.07, 6.45) is 0.783. The Hall–Kier alpha value is -1.47. The minimum absolute atomic E-state index is 0.0900. The number of anilines is 1. The highest BCUT2D eigenvalue weighted by molar-refractivity contribution is 8.01. The summed E-state index contributed by atoms with van der Waals surface area (Å²) in [7, 11) is 0. The van der Waals surface area contributed by atoms with Crippen molar-refractivity contribution in [3.63, 3.8) is 0 Å². The first-order valence-corrected chi connectivity index (χ1v) is 7.37. The number of carbonyl (C=O) groups excluding carboxylic acids is 1. The van der Waals surface area contributed by atoms with Crippen molar-refractivity contribution in [1.29, 1.82) is 5.26 Å². The predicted molar refractivity (Wildman–Crippen MR) is 79.4 cm³/mol. The number of benzene rings is 1. The summed E-state index contributed by atoms with van der Waals surface area (Å²) in [5, 5.41) is 9.08. The van der Waals surface area contributed by atoms with Crippen LogP contribution < -0.4 is 4.90 Å². The van der Waals surface area contributed by atoms with Gasteiger partial charge in [-0.2, -0.15) is 5.26 Å². The van der Waals surface area contributed by atoms with Crippen LogP contribution in [0, 0.1) is 11.3 Å². The van der Waals surface area contributed by atoms with Crippen LogP contribution in [0.15, 0.2) is 18.2 Å². The number of nitriles is 1. The normalized spacial score (nSPS) is 14.1. The van der Waals surface area contributed by atoms with E-state index in [0.29, 0.717) is 17.9 Å². The van der Waals surface area contributed by atoms with Crippen LogP contribution in [0.1, 0.15) is 31.9 Å². The fourth-order valence-electron chi connectivity index (χ4n) is 2.15. The second kappa shape index (κ2) is 5.26. The summed E-state index contributed by atoms with van der Waals surface area (Å²) in [5.74, 6) is 0.619. The molecule has 0 spiro atoms. The highest BCUT2D eigenvalue weighted by Gasteiger charge is 2.27. The fraction of sp³-hybridized carbons (Fsp3) is 0.467. The number of thioether (sulfide) groups is 1. The Morgan fingerprint density at radius 1 is 1.47 bits per heavy atom. The molecule has 0 saturated heterocycles. The lowest BCUT2D eigenvalue weighted by atomic mass is 10.1. The van der Waals surface area contributed by atoms with Gasteiger partial charge in [0.25, 0.3) is 0 Å². The fourth-order valence-corrected chi connectivity index (χ4v) is 2.87. The third-order valence-electron chi connectivity index (χ3n) is 3.08. The van der Waals surface area contributed by atoms with Gasteiger partial charge in [0, 0.05) is 17.0 Å². The van der Waals surface area contributed by atoms with Crippen molar-refractivity contribution >= 4 is 23.4 Å². The molecule has 0 N–H and O–H groups in total. The summed E-state index contributed by atoms with van der Waals surface area (Å²) in [5.41, 5.74) is 2.62. The van der Waals surface area contributed by atoms with Crippen molar-refractivity contribution in [3.05, 3.63) is 29.3 Å². The molecule has 2 rings (SSSR count). The Bertz CT molecular complexity index is 540. The highest BCUT2D eigenvalue weighted by Crippen LogP contribution is 2.32. The van der Waals surface area contributed by atoms with E-state index >= 15 is 0 Å². The van der Waals surface area contributed by atoms with Gasteiger partial charge in [0.2, 0.25) is 5.91 Å². The SMILES string of the molecule is CC(C)(C)SCC(=O)N1CCc2c(C#N)cccc21. The zero-order chi connectivity index (χ0) is 14.0. The molecule has 0 unspecified atom stereocenters. The summed E-state index contributed by atoms with van der Waals surface area (Å²) in [4.78, 5) is 14.1. The van der Waals surface area contributed by atoms with E-state index in [1.165, 1.54) is 0 Å². The van der Waals surface area contributed by atoms with Gasteiger partial charge in [0.15, 0.2) is 0 Å². The van der Waals surface area contributed by atoms with Gasteiger partial charge in [-0.15, -0.1) is 11.8 Å². The first-order valence-electron chi connectivity index (χ1n) is 6.39. The number of rotatable bonds is 2. The molecule has 0 aromatic heterocycles. The number of fused-ring (bicyclic) bond motifs is 1. The summed E-state index contributed by atoms with van der Waals surface area (Å²) < 4.78 is 0.0900. The Morgan fingerprint density at radius 3 is 2.84 bits per heavy atom. The van der Waals surface area contributed by atoms with Gasteiger partial charge in [-0.25, -0.2) is 0 Å². The molecular weight excluding hydrogens is 256 g/mol. The van der Waals surface area contributed by atoms with Crippen molar-refractivity contribution in [2.45, 2.75) is 31.9 Å². The Kier molecular flexibility index (Phi) is 3.86. The molecule has 1 aliphatic rings. The zero-order valence-corrected chi connectivity index (χ0v) is 12.4. The molecule has 0 bridgehead atoms. The molecule has 0 radical (unpaired) electrons. The summed E-state index contributed by atoms with van der Waals surface area (Å²) in [6, 6.07) is 7.80. The van der Waals surface area contributed by atoms with Crippen LogP contribution in [0.5, 0.6) is 0 Å². The molecule has 0 atom stereocenters. The van der Waals surface area contributed by atoms with E-state index in [0.717, 1.165) is 17.7 Å². The second-order valence-corrected chi connectivity index (χ2v) is 7.41. The third-order valence-corrected chi connectivity index (χ3v) is 4.33. The van der Waals surface area contributed by atoms with Crippen molar-refractivity contribution in [2.24, 2.45) is 0 Å². The van der Waals surface area contributed by atoms with E-state index in [-0.39, 0.29) is 10.7 Å². The van der Waals surface area contributed by atoms with Crippen molar-refractivity contribution in [1.82, 2.24) is 0 Å². The van der Waals surface area contributed by atoms with Gasteiger partial charge in [0.05, 0.1) is 17.4 Å². The lowest BCUT2D eigenvalue weighted by molar-refractivity contribution is -0.116. The maximum atomic E-state index is 12.3. The Morgan fingerprint density at radius 2 is 2.21 bits per heavy atom. The number of nitrogens with zero attached hydrogens (tertiary/aromatic N) is 2. The average molecular weight is 274 g/mol. The van der Waals surface area contributed by atoms with E-state index in [2.05, 4.69) is 26.8 Å². The van der Waals surface area contributed by atoms with Crippen LogP contribution in [-0.4, -0.2) is 23.0 Å². The van der Waals surface area contributed by atoms with Gasteiger partial charge < -0.3 is 4.90 Å². The molecule has 1 amide bonds. The monoisotopic (exact) mass is 274 g/mol. The van der Waals surface area contributed by atoms with Crippen molar-refractivity contribution in [3.8, 4) is 6.07 Å². The number of hydrogen-bond acceptors (Lipinski definition) is 3. The van der Waals surface area contributed by atoms with Gasteiger partial charge in [-0.05, 0) is 24.1 Å². The Labute approximate surface area is 118 Å². The maximum Gasteiger partial charge on any atom is 0.237 e. The van der Waals surface area contributed by atoms with Gasteiger partial charge in [-0.3, -0.25) is 4.79 Å². The van der Waals surface area contributed by atoms with Crippen LogP contribution in [0.4, 0.5) is 5.69 Å². The minimum atomic E-state index is 0.0900. The number of hydrogen-bond donors (Lipinski definition) is 0.